The summed E-state index contributed by atoms with van der Waals surface area (Å²) >= 11 is 0. The molecule has 0 heterocycles. The van der Waals surface area contributed by atoms with Crippen molar-refractivity contribution in [2.75, 3.05) is 0 Å². The number of carbonyl (C=O) groups excluding carboxylic acids is 1. The van der Waals surface area contributed by atoms with Crippen LogP contribution < -0.4 is 0 Å². The Bertz CT molecular complexity index is 373. The van der Waals surface area contributed by atoms with Crippen molar-refractivity contribution in [3.63, 3.8) is 0 Å². The van der Waals surface area contributed by atoms with Crippen molar-refractivity contribution in [2.45, 2.75) is 39.1 Å². The minimum absolute atomic E-state index is 0.112. The molecule has 3 heteroatoms. The molecule has 0 aliphatic heterocycles. The second kappa shape index (κ2) is 7.67. The van der Waals surface area contributed by atoms with Gasteiger partial charge in [0.1, 0.15) is 0 Å². The van der Waals surface area contributed by atoms with Crippen molar-refractivity contribution in [3.05, 3.63) is 48.6 Å². The number of benzene rings is 1. The van der Waals surface area contributed by atoms with Crippen LogP contribution >= 0.6 is 0 Å². The number of ether oxygens (including phenoxy) is 2. The Morgan fingerprint density at radius 1 is 1.39 bits per heavy atom. The Morgan fingerprint density at radius 2 is 2.06 bits per heavy atom. The highest BCUT2D eigenvalue weighted by Gasteiger charge is 2.12. The Kier molecular flexibility index (Phi) is 6.15. The largest absolute Gasteiger partial charge is 0.436 e. The van der Waals surface area contributed by atoms with E-state index in [1.165, 1.54) is 12.5 Å². The van der Waals surface area contributed by atoms with Gasteiger partial charge in [-0.25, -0.2) is 0 Å². The first-order valence-electron chi connectivity index (χ1n) is 6.11. The first kappa shape index (κ1) is 14.5. The van der Waals surface area contributed by atoms with Gasteiger partial charge in [-0.2, -0.15) is 0 Å². The molecule has 2 atom stereocenters. The van der Waals surface area contributed by atoms with Crippen molar-refractivity contribution >= 4 is 5.97 Å². The summed E-state index contributed by atoms with van der Waals surface area (Å²) in [5, 5.41) is 0. The maximum absolute atomic E-state index is 10.8. The Morgan fingerprint density at radius 3 is 2.61 bits per heavy atom. The number of hydrogen-bond donors (Lipinski definition) is 0. The molecule has 0 aliphatic carbocycles. The summed E-state index contributed by atoms with van der Waals surface area (Å²) in [6.45, 7) is 6.82. The first-order chi connectivity index (χ1) is 8.61. The van der Waals surface area contributed by atoms with Crippen LogP contribution in [0.3, 0.4) is 0 Å². The Balaban J connectivity index is 2.38. The van der Waals surface area contributed by atoms with Gasteiger partial charge in [-0.05, 0) is 25.3 Å². The molecule has 0 fully saturated rings. The van der Waals surface area contributed by atoms with E-state index in [1.54, 1.807) is 13.0 Å². The van der Waals surface area contributed by atoms with Gasteiger partial charge in [0.15, 0.2) is 0 Å². The van der Waals surface area contributed by atoms with E-state index >= 15 is 0 Å². The summed E-state index contributed by atoms with van der Waals surface area (Å²) in [7, 11) is 0. The maximum Gasteiger partial charge on any atom is 0.304 e. The highest BCUT2D eigenvalue weighted by Crippen LogP contribution is 2.10. The summed E-state index contributed by atoms with van der Waals surface area (Å²) in [5.74, 6) is -0.339. The fraction of sp³-hybridized carbons (Fsp3) is 0.400. The lowest BCUT2D eigenvalue weighted by Gasteiger charge is -2.19. The van der Waals surface area contributed by atoms with Crippen LogP contribution in [0.15, 0.2) is 43.0 Å². The number of aryl methyl sites for hydroxylation is 1. The van der Waals surface area contributed by atoms with Crippen LogP contribution in [0.2, 0.25) is 0 Å². The molecule has 0 aromatic heterocycles. The third-order valence-corrected chi connectivity index (χ3v) is 2.52. The molecule has 98 valence electrons. The zero-order valence-corrected chi connectivity index (χ0v) is 11.0. The standard InChI is InChI=1S/C15H20O3/c1-4-15(18-13(3)17-12(2)16)11-10-14-8-6-5-7-9-14/h4-9,13,15H,1,10-11H2,2-3H3. The molecule has 0 N–H and O–H groups in total. The molecular weight excluding hydrogens is 228 g/mol. The Hall–Kier alpha value is -1.61. The fourth-order valence-electron chi connectivity index (χ4n) is 1.70. The average molecular weight is 248 g/mol. The van der Waals surface area contributed by atoms with Crippen LogP contribution in [0, 0.1) is 0 Å². The van der Waals surface area contributed by atoms with Gasteiger partial charge in [-0.1, -0.05) is 36.4 Å². The molecule has 1 aromatic rings. The lowest BCUT2D eigenvalue weighted by Crippen LogP contribution is -2.23. The smallest absolute Gasteiger partial charge is 0.304 e. The number of rotatable bonds is 7. The molecule has 0 aliphatic rings. The normalized spacial score (nSPS) is 13.7. The summed E-state index contributed by atoms with van der Waals surface area (Å²) in [6.07, 6.45) is 2.81. The molecule has 0 spiro atoms. The van der Waals surface area contributed by atoms with Gasteiger partial charge < -0.3 is 9.47 Å². The SMILES string of the molecule is C=CC(CCc1ccccc1)OC(C)OC(C)=O. The molecule has 0 saturated carbocycles. The minimum atomic E-state index is -0.540. The highest BCUT2D eigenvalue weighted by atomic mass is 16.7. The third-order valence-electron chi connectivity index (χ3n) is 2.52. The summed E-state index contributed by atoms with van der Waals surface area (Å²) in [6, 6.07) is 10.2. The summed E-state index contributed by atoms with van der Waals surface area (Å²) in [5.41, 5.74) is 1.26. The minimum Gasteiger partial charge on any atom is -0.436 e. The lowest BCUT2D eigenvalue weighted by atomic mass is 10.1. The Labute approximate surface area is 108 Å². The van der Waals surface area contributed by atoms with Gasteiger partial charge in [0.2, 0.25) is 6.29 Å². The fourth-order valence-corrected chi connectivity index (χ4v) is 1.70. The summed E-state index contributed by atoms with van der Waals surface area (Å²) in [4.78, 5) is 10.8. The van der Waals surface area contributed by atoms with Crippen LogP contribution in [0.4, 0.5) is 0 Å². The van der Waals surface area contributed by atoms with E-state index in [0.29, 0.717) is 0 Å². The quantitative estimate of drug-likeness (QED) is 0.422. The van der Waals surface area contributed by atoms with E-state index in [2.05, 4.69) is 18.7 Å². The van der Waals surface area contributed by atoms with E-state index < -0.39 is 6.29 Å². The van der Waals surface area contributed by atoms with Crippen molar-refractivity contribution < 1.29 is 14.3 Å². The van der Waals surface area contributed by atoms with E-state index in [1.807, 2.05) is 18.2 Å². The first-order valence-corrected chi connectivity index (χ1v) is 6.11. The molecule has 1 rings (SSSR count). The lowest BCUT2D eigenvalue weighted by molar-refractivity contribution is -0.178. The van der Waals surface area contributed by atoms with Crippen LogP contribution in [-0.4, -0.2) is 18.4 Å². The molecule has 0 saturated heterocycles. The molecular formula is C15H20O3. The second-order valence-electron chi connectivity index (χ2n) is 4.11. The van der Waals surface area contributed by atoms with Crippen LogP contribution in [-0.2, 0) is 20.7 Å². The monoisotopic (exact) mass is 248 g/mol. The second-order valence-corrected chi connectivity index (χ2v) is 4.11. The highest BCUT2D eigenvalue weighted by molar-refractivity contribution is 5.65. The van der Waals surface area contributed by atoms with Crippen LogP contribution in [0.5, 0.6) is 0 Å². The average Bonchev–Trinajstić information content (AvgIpc) is 2.34. The van der Waals surface area contributed by atoms with Crippen LogP contribution in [0.25, 0.3) is 0 Å². The molecule has 2 unspecified atom stereocenters. The zero-order chi connectivity index (χ0) is 13.4. The van der Waals surface area contributed by atoms with E-state index in [4.69, 9.17) is 9.47 Å². The molecule has 0 bridgehead atoms. The molecule has 1 aromatic carbocycles. The zero-order valence-electron chi connectivity index (χ0n) is 11.0. The number of carbonyl (C=O) groups is 1. The number of esters is 1. The number of hydrogen-bond acceptors (Lipinski definition) is 3. The van der Waals surface area contributed by atoms with Crippen molar-refractivity contribution in [1.82, 2.24) is 0 Å². The molecule has 18 heavy (non-hydrogen) atoms. The summed E-state index contributed by atoms with van der Waals surface area (Å²) < 4.78 is 10.5. The van der Waals surface area contributed by atoms with E-state index in [-0.39, 0.29) is 12.1 Å². The van der Waals surface area contributed by atoms with Gasteiger partial charge in [0.05, 0.1) is 6.10 Å². The van der Waals surface area contributed by atoms with Crippen LogP contribution in [0.1, 0.15) is 25.8 Å². The topological polar surface area (TPSA) is 35.5 Å². The van der Waals surface area contributed by atoms with Gasteiger partial charge in [0, 0.05) is 6.92 Å². The third kappa shape index (κ3) is 5.64. The molecule has 0 radical (unpaired) electrons. The predicted octanol–water partition coefficient (Wildman–Crippen LogP) is 3.10. The van der Waals surface area contributed by atoms with Gasteiger partial charge in [-0.15, -0.1) is 6.58 Å². The van der Waals surface area contributed by atoms with E-state index in [0.717, 1.165) is 12.8 Å². The van der Waals surface area contributed by atoms with E-state index in [9.17, 15) is 4.79 Å². The van der Waals surface area contributed by atoms with Gasteiger partial charge in [-0.3, -0.25) is 4.79 Å². The van der Waals surface area contributed by atoms with Crippen molar-refractivity contribution in [1.29, 1.82) is 0 Å². The predicted molar refractivity (Wildman–Crippen MR) is 71.1 cm³/mol. The maximum atomic E-state index is 10.8. The van der Waals surface area contributed by atoms with Gasteiger partial charge in [0.25, 0.3) is 0 Å². The molecule has 3 nitrogen and oxygen atoms in total. The van der Waals surface area contributed by atoms with Gasteiger partial charge >= 0.3 is 5.97 Å². The molecule has 0 amide bonds. The van der Waals surface area contributed by atoms with Crippen molar-refractivity contribution in [2.24, 2.45) is 0 Å². The van der Waals surface area contributed by atoms with Crippen molar-refractivity contribution in [3.8, 4) is 0 Å².